The van der Waals surface area contributed by atoms with Crippen molar-refractivity contribution in [1.29, 1.82) is 0 Å². The topological polar surface area (TPSA) is 21.6 Å². The minimum absolute atomic E-state index is 0.664. The minimum atomic E-state index is 0.664. The van der Waals surface area contributed by atoms with Gasteiger partial charge in [-0.25, -0.2) is 0 Å². The Labute approximate surface area is 85.6 Å². The lowest BCUT2D eigenvalue weighted by molar-refractivity contribution is 0.415. The predicted molar refractivity (Wildman–Crippen MR) is 60.6 cm³/mol. The van der Waals surface area contributed by atoms with Crippen LogP contribution in [0.3, 0.4) is 0 Å². The van der Waals surface area contributed by atoms with Crippen molar-refractivity contribution in [3.05, 3.63) is 24.3 Å². The van der Waals surface area contributed by atoms with Gasteiger partial charge in [0, 0.05) is 6.21 Å². The first-order chi connectivity index (χ1) is 6.72. The maximum absolute atomic E-state index is 5.06. The van der Waals surface area contributed by atoms with Crippen molar-refractivity contribution in [3.63, 3.8) is 0 Å². The molecule has 0 aromatic heterocycles. The summed E-state index contributed by atoms with van der Waals surface area (Å²) in [6.07, 6.45) is 2.98. The molecule has 76 valence electrons. The van der Waals surface area contributed by atoms with Gasteiger partial charge in [0.15, 0.2) is 0 Å². The fraction of sp³-hybridized carbons (Fsp3) is 0.417. The highest BCUT2D eigenvalue weighted by Gasteiger charge is 1.91. The molecule has 2 heteroatoms. The number of aliphatic imine (C=N–C) groups is 1. The molecule has 0 spiro atoms. The minimum Gasteiger partial charge on any atom is -0.497 e. The van der Waals surface area contributed by atoms with E-state index in [-0.39, 0.29) is 0 Å². The van der Waals surface area contributed by atoms with E-state index in [1.165, 1.54) is 0 Å². The monoisotopic (exact) mass is 191 g/mol. The number of rotatable bonds is 4. The Balaban J connectivity index is 2.55. The van der Waals surface area contributed by atoms with E-state index in [1.54, 1.807) is 7.11 Å². The van der Waals surface area contributed by atoms with Crippen molar-refractivity contribution >= 4 is 11.9 Å². The molecule has 0 amide bonds. The average molecular weight is 191 g/mol. The van der Waals surface area contributed by atoms with Gasteiger partial charge in [0.2, 0.25) is 0 Å². The van der Waals surface area contributed by atoms with E-state index in [1.807, 2.05) is 30.5 Å². The number of ether oxygens (including phenoxy) is 1. The van der Waals surface area contributed by atoms with Crippen LogP contribution in [0.5, 0.6) is 5.75 Å². The standard InChI is InChI=1S/C12H17NO/c1-10(2)8-9-13-11-4-6-12(14-3)7-5-11/h4-7,9-10H,8H2,1-3H3. The fourth-order valence-corrected chi connectivity index (χ4v) is 1.04. The van der Waals surface area contributed by atoms with E-state index in [4.69, 9.17) is 4.74 Å². The van der Waals surface area contributed by atoms with Crippen LogP contribution in [0.15, 0.2) is 29.3 Å². The van der Waals surface area contributed by atoms with Gasteiger partial charge in [-0.1, -0.05) is 13.8 Å². The molecule has 0 bridgehead atoms. The third kappa shape index (κ3) is 3.60. The van der Waals surface area contributed by atoms with Gasteiger partial charge in [-0.2, -0.15) is 0 Å². The van der Waals surface area contributed by atoms with Gasteiger partial charge in [0.1, 0.15) is 5.75 Å². The molecule has 1 aromatic carbocycles. The zero-order valence-corrected chi connectivity index (χ0v) is 9.03. The molecule has 0 saturated carbocycles. The van der Waals surface area contributed by atoms with Crippen LogP contribution < -0.4 is 4.74 Å². The maximum atomic E-state index is 5.06. The Hall–Kier alpha value is -1.31. The van der Waals surface area contributed by atoms with Gasteiger partial charge >= 0.3 is 0 Å². The molecule has 0 N–H and O–H groups in total. The van der Waals surface area contributed by atoms with Crippen LogP contribution >= 0.6 is 0 Å². The summed E-state index contributed by atoms with van der Waals surface area (Å²) in [5.74, 6) is 1.53. The summed E-state index contributed by atoms with van der Waals surface area (Å²) in [7, 11) is 1.66. The summed E-state index contributed by atoms with van der Waals surface area (Å²) in [4.78, 5) is 4.34. The number of hydrogen-bond acceptors (Lipinski definition) is 2. The highest BCUT2D eigenvalue weighted by Crippen LogP contribution is 2.17. The second-order valence-corrected chi connectivity index (χ2v) is 3.64. The van der Waals surface area contributed by atoms with Crippen LogP contribution in [0.2, 0.25) is 0 Å². The summed E-state index contributed by atoms with van der Waals surface area (Å²) in [5.41, 5.74) is 0.978. The van der Waals surface area contributed by atoms with Gasteiger partial charge in [-0.3, -0.25) is 4.99 Å². The Morgan fingerprint density at radius 3 is 2.43 bits per heavy atom. The molecule has 0 unspecified atom stereocenters. The van der Waals surface area contributed by atoms with E-state index in [0.717, 1.165) is 17.9 Å². The van der Waals surface area contributed by atoms with E-state index < -0.39 is 0 Å². The van der Waals surface area contributed by atoms with E-state index in [9.17, 15) is 0 Å². The van der Waals surface area contributed by atoms with Gasteiger partial charge in [0.25, 0.3) is 0 Å². The lowest BCUT2D eigenvalue weighted by Crippen LogP contribution is -1.86. The second kappa shape index (κ2) is 5.43. The third-order valence-corrected chi connectivity index (χ3v) is 1.89. The van der Waals surface area contributed by atoms with E-state index in [0.29, 0.717) is 5.92 Å². The first-order valence-electron chi connectivity index (χ1n) is 4.89. The highest BCUT2D eigenvalue weighted by molar-refractivity contribution is 5.63. The number of benzene rings is 1. The van der Waals surface area contributed by atoms with Crippen molar-refractivity contribution < 1.29 is 4.74 Å². The van der Waals surface area contributed by atoms with Crippen LogP contribution in [0.25, 0.3) is 0 Å². The molecule has 0 aliphatic carbocycles. The molecular formula is C12H17NO. The largest absolute Gasteiger partial charge is 0.497 e. The molecular weight excluding hydrogens is 174 g/mol. The number of methoxy groups -OCH3 is 1. The highest BCUT2D eigenvalue weighted by atomic mass is 16.5. The first-order valence-corrected chi connectivity index (χ1v) is 4.89. The van der Waals surface area contributed by atoms with E-state index in [2.05, 4.69) is 18.8 Å². The van der Waals surface area contributed by atoms with Crippen LogP contribution in [0.1, 0.15) is 20.3 Å². The van der Waals surface area contributed by atoms with Crippen molar-refractivity contribution in [2.24, 2.45) is 10.9 Å². The number of nitrogens with zero attached hydrogens (tertiary/aromatic N) is 1. The molecule has 0 atom stereocenters. The molecule has 1 aromatic rings. The molecule has 0 fully saturated rings. The van der Waals surface area contributed by atoms with Gasteiger partial charge in [0.05, 0.1) is 12.8 Å². The smallest absolute Gasteiger partial charge is 0.119 e. The summed E-state index contributed by atoms with van der Waals surface area (Å²) in [6, 6.07) is 7.75. The molecule has 1 rings (SSSR count). The molecule has 0 radical (unpaired) electrons. The van der Waals surface area contributed by atoms with Crippen LogP contribution in [-0.2, 0) is 0 Å². The van der Waals surface area contributed by atoms with Crippen molar-refractivity contribution in [1.82, 2.24) is 0 Å². The summed E-state index contributed by atoms with van der Waals surface area (Å²) >= 11 is 0. The molecule has 0 aliphatic heterocycles. The third-order valence-electron chi connectivity index (χ3n) is 1.89. The van der Waals surface area contributed by atoms with Crippen LogP contribution in [0.4, 0.5) is 5.69 Å². The van der Waals surface area contributed by atoms with Gasteiger partial charge in [-0.05, 0) is 36.6 Å². The lowest BCUT2D eigenvalue weighted by Gasteiger charge is -1.99. The molecule has 0 saturated heterocycles. The molecule has 0 heterocycles. The quantitative estimate of drug-likeness (QED) is 0.668. The van der Waals surface area contributed by atoms with Gasteiger partial charge in [-0.15, -0.1) is 0 Å². The zero-order valence-electron chi connectivity index (χ0n) is 9.03. The van der Waals surface area contributed by atoms with Crippen LogP contribution in [0, 0.1) is 5.92 Å². The number of hydrogen-bond donors (Lipinski definition) is 0. The fourth-order valence-electron chi connectivity index (χ4n) is 1.04. The zero-order chi connectivity index (χ0) is 10.4. The van der Waals surface area contributed by atoms with Crippen molar-refractivity contribution in [3.8, 4) is 5.75 Å². The molecule has 0 aliphatic rings. The molecule has 14 heavy (non-hydrogen) atoms. The summed E-state index contributed by atoms with van der Waals surface area (Å²) < 4.78 is 5.06. The van der Waals surface area contributed by atoms with Gasteiger partial charge < -0.3 is 4.74 Å². The normalized spacial score (nSPS) is 11.1. The summed E-state index contributed by atoms with van der Waals surface area (Å²) in [5, 5.41) is 0. The summed E-state index contributed by atoms with van der Waals surface area (Å²) in [6.45, 7) is 4.36. The van der Waals surface area contributed by atoms with Crippen LogP contribution in [-0.4, -0.2) is 13.3 Å². The van der Waals surface area contributed by atoms with E-state index >= 15 is 0 Å². The van der Waals surface area contributed by atoms with Crippen molar-refractivity contribution in [2.45, 2.75) is 20.3 Å². The maximum Gasteiger partial charge on any atom is 0.119 e. The Morgan fingerprint density at radius 1 is 1.29 bits per heavy atom. The Kier molecular flexibility index (Phi) is 4.17. The predicted octanol–water partition coefficient (Wildman–Crippen LogP) is 3.44. The van der Waals surface area contributed by atoms with Crippen molar-refractivity contribution in [2.75, 3.05) is 7.11 Å². The lowest BCUT2D eigenvalue weighted by atomic mass is 10.1. The average Bonchev–Trinajstić information content (AvgIpc) is 2.18. The molecule has 2 nitrogen and oxygen atoms in total. The second-order valence-electron chi connectivity index (χ2n) is 3.64. The first kappa shape index (κ1) is 10.8. The Bertz CT molecular complexity index is 288. The Morgan fingerprint density at radius 2 is 1.93 bits per heavy atom. The SMILES string of the molecule is COc1ccc(N=CCC(C)C)cc1.